The molecule has 3 aromatic rings. The Labute approximate surface area is 134 Å². The fourth-order valence-electron chi connectivity index (χ4n) is 2.36. The molecule has 0 saturated heterocycles. The van der Waals surface area contributed by atoms with E-state index in [1.54, 1.807) is 0 Å². The molecule has 0 bridgehead atoms. The Morgan fingerprint density at radius 3 is 2.73 bits per heavy atom. The van der Waals surface area contributed by atoms with E-state index in [9.17, 15) is 4.79 Å². The fraction of sp³-hybridized carbons (Fsp3) is 0.222. The van der Waals surface area contributed by atoms with Gasteiger partial charge in [0.15, 0.2) is 10.9 Å². The lowest BCUT2D eigenvalue weighted by Gasteiger charge is -2.10. The Hall–Kier alpha value is -2.07. The molecule has 0 N–H and O–H groups in total. The summed E-state index contributed by atoms with van der Waals surface area (Å²) >= 11 is 1.49. The van der Waals surface area contributed by atoms with Gasteiger partial charge in [0.25, 0.3) is 0 Å². The van der Waals surface area contributed by atoms with Crippen LogP contribution >= 0.6 is 11.8 Å². The molecule has 3 rings (SSSR count). The summed E-state index contributed by atoms with van der Waals surface area (Å²) in [5, 5.41) is 0.680. The first-order valence-corrected chi connectivity index (χ1v) is 8.29. The van der Waals surface area contributed by atoms with E-state index in [0.29, 0.717) is 0 Å². The minimum absolute atomic E-state index is 0.139. The minimum atomic E-state index is -0.168. The minimum Gasteiger partial charge on any atom is -0.295 e. The van der Waals surface area contributed by atoms with Gasteiger partial charge in [-0.3, -0.25) is 9.20 Å². The number of aryl methyl sites for hydroxylation is 1. The molecule has 0 saturated carbocycles. The first-order valence-electron chi connectivity index (χ1n) is 7.41. The van der Waals surface area contributed by atoms with Crippen molar-refractivity contribution < 1.29 is 4.79 Å². The molecular formula is C18H18N2OS. The summed E-state index contributed by atoms with van der Waals surface area (Å²) in [4.78, 5) is 17.0. The van der Waals surface area contributed by atoms with Gasteiger partial charge in [0, 0.05) is 11.8 Å². The third-order valence-electron chi connectivity index (χ3n) is 3.70. The van der Waals surface area contributed by atoms with Crippen molar-refractivity contribution in [2.24, 2.45) is 0 Å². The molecule has 0 amide bonds. The second-order valence-electron chi connectivity index (χ2n) is 5.21. The van der Waals surface area contributed by atoms with Gasteiger partial charge in [-0.1, -0.05) is 49.0 Å². The number of hydrogen-bond donors (Lipinski definition) is 0. The van der Waals surface area contributed by atoms with E-state index in [2.05, 4.69) is 11.9 Å². The van der Waals surface area contributed by atoms with Gasteiger partial charge < -0.3 is 0 Å². The molecule has 22 heavy (non-hydrogen) atoms. The standard InChI is InChI=1S/C18H18N2OS/c1-3-14-7-9-15(10-8-14)17(21)13(2)22-18-19-12-16-6-4-5-11-20(16)18/h4-13H,3H2,1-2H3/t13-/m1/s1. The van der Waals surface area contributed by atoms with Crippen molar-refractivity contribution in [2.75, 3.05) is 0 Å². The van der Waals surface area contributed by atoms with E-state index in [0.717, 1.165) is 22.7 Å². The number of rotatable bonds is 5. The van der Waals surface area contributed by atoms with Gasteiger partial charge in [0.05, 0.1) is 17.0 Å². The first-order chi connectivity index (χ1) is 10.7. The van der Waals surface area contributed by atoms with E-state index < -0.39 is 0 Å². The van der Waals surface area contributed by atoms with Crippen molar-refractivity contribution in [3.63, 3.8) is 0 Å². The lowest BCUT2D eigenvalue weighted by Crippen LogP contribution is -2.14. The number of carbonyl (C=O) groups excluding carboxylic acids is 1. The van der Waals surface area contributed by atoms with Gasteiger partial charge in [-0.2, -0.15) is 0 Å². The van der Waals surface area contributed by atoms with E-state index in [4.69, 9.17) is 0 Å². The SMILES string of the molecule is CCc1ccc(C(=O)[C@@H](C)Sc2ncc3ccccn23)cc1. The van der Waals surface area contributed by atoms with Crippen LogP contribution in [0, 0.1) is 0 Å². The highest BCUT2D eigenvalue weighted by Gasteiger charge is 2.18. The van der Waals surface area contributed by atoms with E-state index in [-0.39, 0.29) is 11.0 Å². The maximum atomic E-state index is 12.5. The number of ketones is 1. The van der Waals surface area contributed by atoms with Crippen LogP contribution in [-0.4, -0.2) is 20.4 Å². The topological polar surface area (TPSA) is 34.4 Å². The summed E-state index contributed by atoms with van der Waals surface area (Å²) in [6.07, 6.45) is 4.78. The predicted molar refractivity (Wildman–Crippen MR) is 90.7 cm³/mol. The lowest BCUT2D eigenvalue weighted by atomic mass is 10.1. The van der Waals surface area contributed by atoms with Crippen molar-refractivity contribution in [1.29, 1.82) is 0 Å². The average molecular weight is 310 g/mol. The third-order valence-corrected chi connectivity index (χ3v) is 4.78. The molecule has 0 aliphatic heterocycles. The van der Waals surface area contributed by atoms with Crippen molar-refractivity contribution >= 4 is 23.1 Å². The van der Waals surface area contributed by atoms with Crippen molar-refractivity contribution in [3.05, 3.63) is 66.0 Å². The molecule has 0 aliphatic carbocycles. The Morgan fingerprint density at radius 1 is 1.23 bits per heavy atom. The van der Waals surface area contributed by atoms with Gasteiger partial charge in [0.2, 0.25) is 0 Å². The highest BCUT2D eigenvalue weighted by atomic mass is 32.2. The second kappa shape index (κ2) is 6.36. The molecule has 1 atom stereocenters. The second-order valence-corrected chi connectivity index (χ2v) is 6.52. The zero-order chi connectivity index (χ0) is 15.5. The predicted octanol–water partition coefficient (Wildman–Crippen LogP) is 4.26. The van der Waals surface area contributed by atoms with Gasteiger partial charge in [-0.25, -0.2) is 4.98 Å². The zero-order valence-electron chi connectivity index (χ0n) is 12.7. The normalized spacial score (nSPS) is 12.5. The van der Waals surface area contributed by atoms with Crippen LogP contribution in [0.2, 0.25) is 0 Å². The number of hydrogen-bond acceptors (Lipinski definition) is 3. The molecule has 112 valence electrons. The van der Waals surface area contributed by atoms with Crippen LogP contribution < -0.4 is 0 Å². The number of pyridine rings is 1. The Morgan fingerprint density at radius 2 is 2.00 bits per heavy atom. The smallest absolute Gasteiger partial charge is 0.175 e. The number of carbonyl (C=O) groups is 1. The van der Waals surface area contributed by atoms with Crippen molar-refractivity contribution in [3.8, 4) is 0 Å². The maximum Gasteiger partial charge on any atom is 0.175 e. The van der Waals surface area contributed by atoms with E-state index in [1.165, 1.54) is 17.3 Å². The molecule has 3 nitrogen and oxygen atoms in total. The molecular weight excluding hydrogens is 292 g/mol. The largest absolute Gasteiger partial charge is 0.295 e. The highest BCUT2D eigenvalue weighted by molar-refractivity contribution is 8.00. The van der Waals surface area contributed by atoms with Gasteiger partial charge >= 0.3 is 0 Å². The Balaban J connectivity index is 1.78. The number of Topliss-reactive ketones (excluding diaryl/α,β-unsaturated/α-hetero) is 1. The first kappa shape index (κ1) is 14.9. The van der Waals surface area contributed by atoms with Crippen LogP contribution in [0.1, 0.15) is 29.8 Å². The summed E-state index contributed by atoms with van der Waals surface area (Å²) < 4.78 is 2.01. The number of fused-ring (bicyclic) bond motifs is 1. The summed E-state index contributed by atoms with van der Waals surface area (Å²) in [5.41, 5.74) is 3.05. The molecule has 4 heteroatoms. The van der Waals surface area contributed by atoms with Gasteiger partial charge in [0.1, 0.15) is 0 Å². The quantitative estimate of drug-likeness (QED) is 0.521. The number of aromatic nitrogens is 2. The summed E-state index contributed by atoms with van der Waals surface area (Å²) in [6.45, 7) is 4.05. The van der Waals surface area contributed by atoms with Crippen LogP contribution in [-0.2, 0) is 6.42 Å². The maximum absolute atomic E-state index is 12.5. The molecule has 0 spiro atoms. The summed E-state index contributed by atoms with van der Waals surface area (Å²) in [6, 6.07) is 13.8. The number of imidazole rings is 1. The van der Waals surface area contributed by atoms with E-state index >= 15 is 0 Å². The van der Waals surface area contributed by atoms with Crippen LogP contribution in [0.3, 0.4) is 0 Å². The van der Waals surface area contributed by atoms with Gasteiger partial charge in [-0.15, -0.1) is 0 Å². The summed E-state index contributed by atoms with van der Waals surface area (Å²) in [7, 11) is 0. The van der Waals surface area contributed by atoms with Crippen molar-refractivity contribution in [1.82, 2.24) is 9.38 Å². The molecule has 2 aromatic heterocycles. The van der Waals surface area contributed by atoms with Crippen LogP contribution in [0.5, 0.6) is 0 Å². The molecule has 0 fully saturated rings. The van der Waals surface area contributed by atoms with Crippen molar-refractivity contribution in [2.45, 2.75) is 30.7 Å². The zero-order valence-corrected chi connectivity index (χ0v) is 13.5. The van der Waals surface area contributed by atoms with E-state index in [1.807, 2.05) is 66.2 Å². The molecule has 0 aliphatic rings. The Bertz CT molecular complexity index is 792. The number of nitrogens with zero attached hydrogens (tertiary/aromatic N) is 2. The third kappa shape index (κ3) is 2.92. The molecule has 2 heterocycles. The summed E-state index contributed by atoms with van der Waals surface area (Å²) in [5.74, 6) is 0.139. The monoisotopic (exact) mass is 310 g/mol. The molecule has 0 unspecified atom stereocenters. The molecule has 0 radical (unpaired) electrons. The average Bonchev–Trinajstić information content (AvgIpc) is 2.97. The lowest BCUT2D eigenvalue weighted by molar-refractivity contribution is 0.0994. The number of thioether (sulfide) groups is 1. The highest BCUT2D eigenvalue weighted by Crippen LogP contribution is 2.25. The number of benzene rings is 1. The van der Waals surface area contributed by atoms with Crippen LogP contribution in [0.15, 0.2) is 60.0 Å². The Kier molecular flexibility index (Phi) is 4.29. The van der Waals surface area contributed by atoms with Crippen LogP contribution in [0.25, 0.3) is 5.52 Å². The molecule has 1 aromatic carbocycles. The van der Waals surface area contributed by atoms with Gasteiger partial charge in [-0.05, 0) is 31.0 Å². The van der Waals surface area contributed by atoms with Crippen LogP contribution in [0.4, 0.5) is 0 Å². The fourth-order valence-corrected chi connectivity index (χ4v) is 3.31.